The summed E-state index contributed by atoms with van der Waals surface area (Å²) < 4.78 is 0. The average molecular weight is 221 g/mol. The Morgan fingerprint density at radius 1 is 1.38 bits per heavy atom. The molecule has 0 bridgehead atoms. The zero-order valence-corrected chi connectivity index (χ0v) is 10.6. The van der Waals surface area contributed by atoms with Gasteiger partial charge in [0.05, 0.1) is 0 Å². The highest BCUT2D eigenvalue weighted by atomic mass is 15.1. The molecule has 0 spiro atoms. The van der Waals surface area contributed by atoms with Crippen LogP contribution in [-0.4, -0.2) is 36.1 Å². The van der Waals surface area contributed by atoms with E-state index in [-0.39, 0.29) is 0 Å². The van der Waals surface area contributed by atoms with Crippen LogP contribution in [0.2, 0.25) is 0 Å². The second kappa shape index (κ2) is 7.36. The predicted octanol–water partition coefficient (Wildman–Crippen LogP) is 2.07. The lowest BCUT2D eigenvalue weighted by Crippen LogP contribution is -2.33. The summed E-state index contributed by atoms with van der Waals surface area (Å²) in [6.45, 7) is 11.0. The second-order valence-corrected chi connectivity index (χ2v) is 3.99. The van der Waals surface area contributed by atoms with Gasteiger partial charge in [-0.25, -0.2) is 0 Å². The Kier molecular flexibility index (Phi) is 6.04. The van der Waals surface area contributed by atoms with Crippen LogP contribution in [0.25, 0.3) is 0 Å². The summed E-state index contributed by atoms with van der Waals surface area (Å²) in [5.41, 5.74) is 1.25. The standard InChI is InChI=1S/C13H23N3/c1-4-16(5-2)10-9-15-12(3)13-7-6-8-14-11-13/h6-8,11-12,15H,4-5,9-10H2,1-3H3/t12-/m0/s1. The minimum absolute atomic E-state index is 0.379. The van der Waals surface area contributed by atoms with E-state index < -0.39 is 0 Å². The van der Waals surface area contributed by atoms with Crippen molar-refractivity contribution in [2.75, 3.05) is 26.2 Å². The van der Waals surface area contributed by atoms with Crippen LogP contribution >= 0.6 is 0 Å². The fourth-order valence-corrected chi connectivity index (χ4v) is 1.73. The van der Waals surface area contributed by atoms with Crippen LogP contribution in [0.4, 0.5) is 0 Å². The van der Waals surface area contributed by atoms with Crippen molar-refractivity contribution in [3.8, 4) is 0 Å². The fourth-order valence-electron chi connectivity index (χ4n) is 1.73. The summed E-state index contributed by atoms with van der Waals surface area (Å²) in [7, 11) is 0. The van der Waals surface area contributed by atoms with E-state index >= 15 is 0 Å². The molecule has 0 aromatic carbocycles. The van der Waals surface area contributed by atoms with E-state index in [1.54, 1.807) is 0 Å². The Bertz CT molecular complexity index is 270. The van der Waals surface area contributed by atoms with Crippen LogP contribution in [0, 0.1) is 0 Å². The molecule has 3 heteroatoms. The molecule has 1 rings (SSSR count). The third-order valence-corrected chi connectivity index (χ3v) is 2.96. The summed E-state index contributed by atoms with van der Waals surface area (Å²) in [5, 5.41) is 3.52. The largest absolute Gasteiger partial charge is 0.309 e. The molecule has 0 aliphatic carbocycles. The van der Waals surface area contributed by atoms with E-state index in [1.807, 2.05) is 18.5 Å². The van der Waals surface area contributed by atoms with E-state index in [9.17, 15) is 0 Å². The molecule has 1 aromatic heterocycles. The minimum atomic E-state index is 0.379. The molecular weight excluding hydrogens is 198 g/mol. The molecule has 0 aliphatic rings. The Labute approximate surface area is 98.9 Å². The number of aromatic nitrogens is 1. The molecular formula is C13H23N3. The highest BCUT2D eigenvalue weighted by molar-refractivity contribution is 5.12. The Hall–Kier alpha value is -0.930. The molecule has 90 valence electrons. The van der Waals surface area contributed by atoms with E-state index in [0.29, 0.717) is 6.04 Å². The number of hydrogen-bond donors (Lipinski definition) is 1. The molecule has 1 aromatic rings. The maximum atomic E-state index is 4.13. The lowest BCUT2D eigenvalue weighted by Gasteiger charge is -2.20. The molecule has 1 heterocycles. The van der Waals surface area contributed by atoms with Gasteiger partial charge in [-0.2, -0.15) is 0 Å². The first-order valence-electron chi connectivity index (χ1n) is 6.13. The smallest absolute Gasteiger partial charge is 0.0315 e. The fraction of sp³-hybridized carbons (Fsp3) is 0.615. The summed E-state index contributed by atoms with van der Waals surface area (Å²) in [5.74, 6) is 0. The molecule has 0 fully saturated rings. The zero-order valence-electron chi connectivity index (χ0n) is 10.6. The molecule has 0 aliphatic heterocycles. The summed E-state index contributed by atoms with van der Waals surface area (Å²) >= 11 is 0. The molecule has 1 atom stereocenters. The highest BCUT2D eigenvalue weighted by Gasteiger charge is 2.04. The average Bonchev–Trinajstić information content (AvgIpc) is 2.35. The van der Waals surface area contributed by atoms with Gasteiger partial charge in [0.1, 0.15) is 0 Å². The van der Waals surface area contributed by atoms with Crippen molar-refractivity contribution in [1.29, 1.82) is 0 Å². The first-order chi connectivity index (χ1) is 7.77. The van der Waals surface area contributed by atoms with Gasteiger partial charge < -0.3 is 10.2 Å². The molecule has 0 unspecified atom stereocenters. The van der Waals surface area contributed by atoms with Gasteiger partial charge in [-0.05, 0) is 31.6 Å². The van der Waals surface area contributed by atoms with Gasteiger partial charge in [-0.15, -0.1) is 0 Å². The van der Waals surface area contributed by atoms with Gasteiger partial charge >= 0.3 is 0 Å². The van der Waals surface area contributed by atoms with Crippen molar-refractivity contribution >= 4 is 0 Å². The van der Waals surface area contributed by atoms with Crippen LogP contribution in [-0.2, 0) is 0 Å². The van der Waals surface area contributed by atoms with Crippen molar-refractivity contribution in [2.45, 2.75) is 26.8 Å². The van der Waals surface area contributed by atoms with Crippen molar-refractivity contribution in [1.82, 2.24) is 15.2 Å². The number of nitrogens with zero attached hydrogens (tertiary/aromatic N) is 2. The van der Waals surface area contributed by atoms with E-state index in [2.05, 4.69) is 42.0 Å². The highest BCUT2D eigenvalue weighted by Crippen LogP contribution is 2.08. The minimum Gasteiger partial charge on any atom is -0.309 e. The van der Waals surface area contributed by atoms with Crippen molar-refractivity contribution in [2.24, 2.45) is 0 Å². The van der Waals surface area contributed by atoms with Crippen LogP contribution in [0.15, 0.2) is 24.5 Å². The van der Waals surface area contributed by atoms with Crippen molar-refractivity contribution in [3.05, 3.63) is 30.1 Å². The topological polar surface area (TPSA) is 28.2 Å². The van der Waals surface area contributed by atoms with Gasteiger partial charge in [0.25, 0.3) is 0 Å². The monoisotopic (exact) mass is 221 g/mol. The summed E-state index contributed by atoms with van der Waals surface area (Å²) in [4.78, 5) is 6.55. The third kappa shape index (κ3) is 4.29. The maximum absolute atomic E-state index is 4.13. The van der Waals surface area contributed by atoms with Gasteiger partial charge in [0, 0.05) is 31.5 Å². The first kappa shape index (κ1) is 13.1. The van der Waals surface area contributed by atoms with Crippen molar-refractivity contribution < 1.29 is 0 Å². The van der Waals surface area contributed by atoms with E-state index in [0.717, 1.165) is 26.2 Å². The summed E-state index contributed by atoms with van der Waals surface area (Å²) in [6.07, 6.45) is 3.74. The maximum Gasteiger partial charge on any atom is 0.0315 e. The van der Waals surface area contributed by atoms with Crippen LogP contribution in [0.1, 0.15) is 32.4 Å². The van der Waals surface area contributed by atoms with Gasteiger partial charge in [0.15, 0.2) is 0 Å². The number of hydrogen-bond acceptors (Lipinski definition) is 3. The molecule has 0 saturated heterocycles. The second-order valence-electron chi connectivity index (χ2n) is 3.99. The van der Waals surface area contributed by atoms with Gasteiger partial charge in [0.2, 0.25) is 0 Å². The number of pyridine rings is 1. The Morgan fingerprint density at radius 2 is 2.12 bits per heavy atom. The van der Waals surface area contributed by atoms with Crippen molar-refractivity contribution in [3.63, 3.8) is 0 Å². The van der Waals surface area contributed by atoms with Crippen LogP contribution in [0.5, 0.6) is 0 Å². The Morgan fingerprint density at radius 3 is 2.69 bits per heavy atom. The van der Waals surface area contributed by atoms with E-state index in [4.69, 9.17) is 0 Å². The molecule has 16 heavy (non-hydrogen) atoms. The van der Waals surface area contributed by atoms with Crippen LogP contribution in [0.3, 0.4) is 0 Å². The lowest BCUT2D eigenvalue weighted by atomic mass is 10.1. The first-order valence-corrected chi connectivity index (χ1v) is 6.13. The number of likely N-dealkylation sites (N-methyl/N-ethyl adjacent to an activating group) is 1. The number of rotatable bonds is 7. The summed E-state index contributed by atoms with van der Waals surface area (Å²) in [6, 6.07) is 4.48. The molecule has 0 saturated carbocycles. The number of nitrogens with one attached hydrogen (secondary N) is 1. The quantitative estimate of drug-likeness (QED) is 0.764. The SMILES string of the molecule is CCN(CC)CCN[C@@H](C)c1cccnc1. The molecule has 1 N–H and O–H groups in total. The van der Waals surface area contributed by atoms with Gasteiger partial charge in [-0.1, -0.05) is 19.9 Å². The molecule has 0 amide bonds. The predicted molar refractivity (Wildman–Crippen MR) is 68.4 cm³/mol. The normalized spacial score (nSPS) is 13.0. The van der Waals surface area contributed by atoms with E-state index in [1.165, 1.54) is 5.56 Å². The van der Waals surface area contributed by atoms with Crippen LogP contribution < -0.4 is 5.32 Å². The zero-order chi connectivity index (χ0) is 11.8. The molecule has 0 radical (unpaired) electrons. The molecule has 3 nitrogen and oxygen atoms in total. The third-order valence-electron chi connectivity index (χ3n) is 2.96. The lowest BCUT2D eigenvalue weighted by molar-refractivity contribution is 0.298. The Balaban J connectivity index is 2.28. The van der Waals surface area contributed by atoms with Gasteiger partial charge in [-0.3, -0.25) is 4.98 Å².